The molecule has 3 N–H and O–H groups in total. The molecule has 0 bridgehead atoms. The fraction of sp³-hybridized carbons (Fsp3) is 0.500. The molecule has 3 nitrogen and oxygen atoms in total. The maximum Gasteiger partial charge on any atom is 0.417 e. The van der Waals surface area contributed by atoms with Gasteiger partial charge in [0.2, 0.25) is 0 Å². The summed E-state index contributed by atoms with van der Waals surface area (Å²) in [5.74, 6) is -0.743. The summed E-state index contributed by atoms with van der Waals surface area (Å²) in [6, 6.07) is 4.74. The monoisotopic (exact) mass is 288 g/mol. The second-order valence-corrected chi connectivity index (χ2v) is 4.69. The van der Waals surface area contributed by atoms with Gasteiger partial charge in [-0.1, -0.05) is 26.0 Å². The van der Waals surface area contributed by atoms with Crippen molar-refractivity contribution >= 4 is 5.91 Å². The highest BCUT2D eigenvalue weighted by molar-refractivity contribution is 5.96. The highest BCUT2D eigenvalue weighted by Gasteiger charge is 2.36. The standard InChI is InChI=1S/C14H19F3N2O/c1-3-13(4-2,9-18)19-12(20)10-7-5-6-8-11(10)14(15,16)17/h5-8H,3-4,9,18H2,1-2H3,(H,19,20). The summed E-state index contributed by atoms with van der Waals surface area (Å²) in [6.45, 7) is 3.86. The zero-order valence-corrected chi connectivity index (χ0v) is 11.6. The topological polar surface area (TPSA) is 55.1 Å². The summed E-state index contributed by atoms with van der Waals surface area (Å²) in [5.41, 5.74) is 3.66. The van der Waals surface area contributed by atoms with Crippen molar-refractivity contribution in [1.82, 2.24) is 5.32 Å². The zero-order valence-electron chi connectivity index (χ0n) is 11.6. The third-order valence-corrected chi connectivity index (χ3v) is 3.60. The molecule has 0 heterocycles. The molecule has 0 radical (unpaired) electrons. The van der Waals surface area contributed by atoms with E-state index in [1.54, 1.807) is 0 Å². The van der Waals surface area contributed by atoms with E-state index in [-0.39, 0.29) is 12.1 Å². The number of benzene rings is 1. The molecule has 0 saturated heterocycles. The van der Waals surface area contributed by atoms with Crippen molar-refractivity contribution in [2.75, 3.05) is 6.54 Å². The molecular formula is C14H19F3N2O. The lowest BCUT2D eigenvalue weighted by molar-refractivity contribution is -0.137. The minimum Gasteiger partial charge on any atom is -0.345 e. The molecule has 1 aromatic carbocycles. The van der Waals surface area contributed by atoms with Crippen LogP contribution in [0.5, 0.6) is 0 Å². The lowest BCUT2D eigenvalue weighted by atomic mass is 9.92. The van der Waals surface area contributed by atoms with E-state index in [1.807, 2.05) is 13.8 Å². The summed E-state index contributed by atoms with van der Waals surface area (Å²) in [5, 5.41) is 2.64. The molecule has 0 aliphatic carbocycles. The Morgan fingerprint density at radius 1 is 1.20 bits per heavy atom. The molecule has 0 aromatic heterocycles. The van der Waals surface area contributed by atoms with Gasteiger partial charge in [0.05, 0.1) is 16.7 Å². The van der Waals surface area contributed by atoms with Crippen LogP contribution in [0.1, 0.15) is 42.6 Å². The largest absolute Gasteiger partial charge is 0.417 e. The molecular weight excluding hydrogens is 269 g/mol. The van der Waals surface area contributed by atoms with Crippen LogP contribution >= 0.6 is 0 Å². The van der Waals surface area contributed by atoms with Crippen LogP contribution in [0.25, 0.3) is 0 Å². The second-order valence-electron chi connectivity index (χ2n) is 4.69. The van der Waals surface area contributed by atoms with Gasteiger partial charge >= 0.3 is 6.18 Å². The summed E-state index contributed by atoms with van der Waals surface area (Å²) in [4.78, 5) is 12.1. The van der Waals surface area contributed by atoms with E-state index >= 15 is 0 Å². The minimum absolute atomic E-state index is 0.180. The second kappa shape index (κ2) is 6.26. The number of nitrogens with two attached hydrogens (primary N) is 1. The number of nitrogens with one attached hydrogen (secondary N) is 1. The molecule has 0 spiro atoms. The lowest BCUT2D eigenvalue weighted by Crippen LogP contribution is -2.53. The highest BCUT2D eigenvalue weighted by atomic mass is 19.4. The van der Waals surface area contributed by atoms with E-state index in [2.05, 4.69) is 5.32 Å². The van der Waals surface area contributed by atoms with E-state index in [4.69, 9.17) is 5.73 Å². The van der Waals surface area contributed by atoms with Gasteiger partial charge in [0.25, 0.3) is 5.91 Å². The molecule has 1 aromatic rings. The van der Waals surface area contributed by atoms with E-state index in [0.29, 0.717) is 12.8 Å². The summed E-state index contributed by atoms with van der Waals surface area (Å²) in [6.07, 6.45) is -3.45. The predicted molar refractivity (Wildman–Crippen MR) is 71.3 cm³/mol. The van der Waals surface area contributed by atoms with E-state index in [1.165, 1.54) is 18.2 Å². The van der Waals surface area contributed by atoms with E-state index in [0.717, 1.165) is 6.07 Å². The number of hydrogen-bond donors (Lipinski definition) is 2. The van der Waals surface area contributed by atoms with Gasteiger partial charge in [0.15, 0.2) is 0 Å². The maximum absolute atomic E-state index is 12.9. The average molecular weight is 288 g/mol. The number of carbonyl (C=O) groups is 1. The molecule has 0 unspecified atom stereocenters. The van der Waals surface area contributed by atoms with Gasteiger partial charge in [-0.2, -0.15) is 13.2 Å². The quantitative estimate of drug-likeness (QED) is 0.875. The molecule has 0 aliphatic heterocycles. The normalized spacial score (nSPS) is 12.3. The molecule has 112 valence electrons. The Bertz CT molecular complexity index is 459. The number of halogens is 3. The van der Waals surface area contributed by atoms with Crippen LogP contribution in [0.2, 0.25) is 0 Å². The fourth-order valence-corrected chi connectivity index (χ4v) is 2.00. The van der Waals surface area contributed by atoms with Crippen LogP contribution in [0, 0.1) is 0 Å². The van der Waals surface area contributed by atoms with Crippen molar-refractivity contribution in [1.29, 1.82) is 0 Å². The third kappa shape index (κ3) is 3.50. The first-order chi connectivity index (χ1) is 9.29. The molecule has 20 heavy (non-hydrogen) atoms. The third-order valence-electron chi connectivity index (χ3n) is 3.60. The Morgan fingerprint density at radius 3 is 2.20 bits per heavy atom. The van der Waals surface area contributed by atoms with Crippen LogP contribution < -0.4 is 11.1 Å². The van der Waals surface area contributed by atoms with Crippen molar-refractivity contribution in [3.8, 4) is 0 Å². The van der Waals surface area contributed by atoms with Crippen molar-refractivity contribution in [3.05, 3.63) is 35.4 Å². The Hall–Kier alpha value is -1.56. The van der Waals surface area contributed by atoms with Crippen LogP contribution in [-0.4, -0.2) is 18.0 Å². The molecule has 0 atom stereocenters. The molecule has 0 fully saturated rings. The van der Waals surface area contributed by atoms with Gasteiger partial charge in [-0.25, -0.2) is 0 Å². The smallest absolute Gasteiger partial charge is 0.345 e. The van der Waals surface area contributed by atoms with Crippen molar-refractivity contribution in [2.45, 2.75) is 38.4 Å². The van der Waals surface area contributed by atoms with Crippen LogP contribution in [-0.2, 0) is 6.18 Å². The minimum atomic E-state index is -4.56. The van der Waals surface area contributed by atoms with Gasteiger partial charge in [0.1, 0.15) is 0 Å². The van der Waals surface area contributed by atoms with Gasteiger partial charge in [-0.05, 0) is 25.0 Å². The predicted octanol–water partition coefficient (Wildman–Crippen LogP) is 2.95. The number of alkyl halides is 3. The number of rotatable bonds is 5. The maximum atomic E-state index is 12.9. The van der Waals surface area contributed by atoms with Crippen molar-refractivity contribution in [3.63, 3.8) is 0 Å². The van der Waals surface area contributed by atoms with Gasteiger partial charge in [0, 0.05) is 6.54 Å². The number of carbonyl (C=O) groups excluding carboxylic acids is 1. The number of hydrogen-bond acceptors (Lipinski definition) is 2. The zero-order chi connectivity index (χ0) is 15.4. The molecule has 1 rings (SSSR count). The molecule has 0 saturated carbocycles. The summed E-state index contributed by atoms with van der Waals surface area (Å²) in [7, 11) is 0. The molecule has 6 heteroatoms. The summed E-state index contributed by atoms with van der Waals surface area (Å²) < 4.78 is 38.6. The Balaban J connectivity index is 3.11. The first-order valence-corrected chi connectivity index (χ1v) is 6.48. The van der Waals surface area contributed by atoms with Gasteiger partial charge in [-0.3, -0.25) is 4.79 Å². The first kappa shape index (κ1) is 16.5. The fourth-order valence-electron chi connectivity index (χ4n) is 2.00. The van der Waals surface area contributed by atoms with Crippen molar-refractivity contribution in [2.24, 2.45) is 5.73 Å². The molecule has 1 amide bonds. The Morgan fingerprint density at radius 2 is 1.75 bits per heavy atom. The van der Waals surface area contributed by atoms with Crippen LogP contribution in [0.4, 0.5) is 13.2 Å². The van der Waals surface area contributed by atoms with Crippen LogP contribution in [0.3, 0.4) is 0 Å². The highest BCUT2D eigenvalue weighted by Crippen LogP contribution is 2.32. The van der Waals surface area contributed by atoms with Crippen LogP contribution in [0.15, 0.2) is 24.3 Å². The molecule has 0 aliphatic rings. The average Bonchev–Trinajstić information content (AvgIpc) is 2.44. The number of amides is 1. The van der Waals surface area contributed by atoms with Gasteiger partial charge in [-0.15, -0.1) is 0 Å². The first-order valence-electron chi connectivity index (χ1n) is 6.48. The van der Waals surface area contributed by atoms with E-state index in [9.17, 15) is 18.0 Å². The van der Waals surface area contributed by atoms with Gasteiger partial charge < -0.3 is 11.1 Å². The Labute approximate surface area is 116 Å². The summed E-state index contributed by atoms with van der Waals surface area (Å²) >= 11 is 0. The Kier molecular flexibility index (Phi) is 5.16. The lowest BCUT2D eigenvalue weighted by Gasteiger charge is -2.31. The van der Waals surface area contributed by atoms with E-state index < -0.39 is 23.2 Å². The van der Waals surface area contributed by atoms with Crippen molar-refractivity contribution < 1.29 is 18.0 Å². The SMILES string of the molecule is CCC(CC)(CN)NC(=O)c1ccccc1C(F)(F)F.